The van der Waals surface area contributed by atoms with Gasteiger partial charge >= 0.3 is 0 Å². The fraction of sp³-hybridized carbons (Fsp3) is 0.217. The van der Waals surface area contributed by atoms with Crippen LogP contribution in [-0.4, -0.2) is 39.6 Å². The third-order valence-corrected chi connectivity index (χ3v) is 6.18. The molecule has 2 aromatic carbocycles. The molecule has 0 saturated heterocycles. The van der Waals surface area contributed by atoms with Crippen LogP contribution >= 0.6 is 11.6 Å². The second kappa shape index (κ2) is 7.22. The van der Waals surface area contributed by atoms with Gasteiger partial charge in [0.05, 0.1) is 13.2 Å². The minimum Gasteiger partial charge on any atom is -0.497 e. The van der Waals surface area contributed by atoms with Crippen LogP contribution in [0.25, 0.3) is 10.9 Å². The van der Waals surface area contributed by atoms with Gasteiger partial charge in [-0.15, -0.1) is 0 Å². The number of rotatable bonds is 5. The van der Waals surface area contributed by atoms with E-state index in [4.69, 9.17) is 16.3 Å². The summed E-state index contributed by atoms with van der Waals surface area (Å²) in [5, 5.41) is 8.97. The molecular weight excluding hydrogens is 400 g/mol. The highest BCUT2D eigenvalue weighted by atomic mass is 35.5. The van der Waals surface area contributed by atoms with Crippen LogP contribution in [0.4, 0.5) is 0 Å². The fourth-order valence-electron chi connectivity index (χ4n) is 4.33. The summed E-state index contributed by atoms with van der Waals surface area (Å²) in [7, 11) is 1.66. The summed E-state index contributed by atoms with van der Waals surface area (Å²) in [5.74, 6) is 0.738. The quantitative estimate of drug-likeness (QED) is 0.493. The molecule has 6 nitrogen and oxygen atoms in total. The average molecular weight is 421 g/mol. The number of aromatic nitrogens is 3. The Labute approximate surface area is 178 Å². The highest BCUT2D eigenvalue weighted by Crippen LogP contribution is 2.41. The van der Waals surface area contributed by atoms with Crippen molar-refractivity contribution in [1.82, 2.24) is 20.1 Å². The van der Waals surface area contributed by atoms with Crippen LogP contribution in [0.3, 0.4) is 0 Å². The number of fused-ring (bicyclic) bond motifs is 2. The third-order valence-electron chi connectivity index (χ3n) is 5.84. The Hall–Kier alpha value is -3.25. The predicted octanol–water partition coefficient (Wildman–Crippen LogP) is 4.65. The van der Waals surface area contributed by atoms with E-state index in [1.807, 2.05) is 60.5 Å². The number of halogens is 1. The lowest BCUT2D eigenvalue weighted by Crippen LogP contribution is -2.31. The van der Waals surface area contributed by atoms with Crippen molar-refractivity contribution in [3.8, 4) is 5.75 Å². The van der Waals surface area contributed by atoms with Gasteiger partial charge in [0.2, 0.25) is 0 Å². The van der Waals surface area contributed by atoms with E-state index < -0.39 is 0 Å². The van der Waals surface area contributed by atoms with Gasteiger partial charge in [-0.1, -0.05) is 29.8 Å². The summed E-state index contributed by atoms with van der Waals surface area (Å²) in [4.78, 5) is 18.4. The normalized spacial score (nSPS) is 15.8. The lowest BCUT2D eigenvalue weighted by atomic mass is 9.99. The molecule has 1 amide bonds. The van der Waals surface area contributed by atoms with Crippen LogP contribution in [0.1, 0.15) is 38.9 Å². The number of amides is 1. The first-order valence-electron chi connectivity index (χ1n) is 9.82. The van der Waals surface area contributed by atoms with Crippen molar-refractivity contribution in [1.29, 1.82) is 0 Å². The van der Waals surface area contributed by atoms with Gasteiger partial charge in [0.25, 0.3) is 5.91 Å². The van der Waals surface area contributed by atoms with E-state index in [-0.39, 0.29) is 11.9 Å². The molecule has 3 heterocycles. The zero-order valence-corrected chi connectivity index (χ0v) is 17.5. The number of carbonyl (C=O) groups excluding carboxylic acids is 1. The predicted molar refractivity (Wildman–Crippen MR) is 116 cm³/mol. The molecule has 1 aliphatic heterocycles. The minimum absolute atomic E-state index is 0.0725. The molecule has 0 saturated carbocycles. The number of hydrogen-bond donors (Lipinski definition) is 2. The van der Waals surface area contributed by atoms with E-state index >= 15 is 0 Å². The molecule has 1 aliphatic rings. The van der Waals surface area contributed by atoms with Gasteiger partial charge in [0.15, 0.2) is 5.69 Å². The zero-order valence-electron chi connectivity index (χ0n) is 16.7. The van der Waals surface area contributed by atoms with Crippen molar-refractivity contribution in [2.75, 3.05) is 13.7 Å². The number of nitrogens with zero attached hydrogens (tertiary/aromatic N) is 2. The SMILES string of the molecule is COc1ccc2[nH]cc(CCN3C(=O)c4n[nH]c(C)c4[C@H]3c3ccccc3Cl)c2c1. The number of carbonyl (C=O) groups is 1. The summed E-state index contributed by atoms with van der Waals surface area (Å²) in [6, 6.07) is 13.4. The van der Waals surface area contributed by atoms with Gasteiger partial charge in [0.1, 0.15) is 5.75 Å². The van der Waals surface area contributed by atoms with E-state index in [1.165, 1.54) is 0 Å². The summed E-state index contributed by atoms with van der Waals surface area (Å²) in [5.41, 5.74) is 5.38. The van der Waals surface area contributed by atoms with Crippen molar-refractivity contribution in [3.63, 3.8) is 0 Å². The topological polar surface area (TPSA) is 74.0 Å². The molecule has 30 heavy (non-hydrogen) atoms. The molecule has 0 radical (unpaired) electrons. The smallest absolute Gasteiger partial charge is 0.275 e. The summed E-state index contributed by atoms with van der Waals surface area (Å²) in [6.07, 6.45) is 2.70. The fourth-order valence-corrected chi connectivity index (χ4v) is 4.57. The van der Waals surface area contributed by atoms with E-state index in [1.54, 1.807) is 7.11 Å². The van der Waals surface area contributed by atoms with Crippen LogP contribution < -0.4 is 4.74 Å². The highest BCUT2D eigenvalue weighted by Gasteiger charge is 2.41. The van der Waals surface area contributed by atoms with Crippen molar-refractivity contribution in [3.05, 3.63) is 81.8 Å². The van der Waals surface area contributed by atoms with Gasteiger partial charge in [-0.3, -0.25) is 9.89 Å². The van der Waals surface area contributed by atoms with E-state index in [9.17, 15) is 4.79 Å². The Morgan fingerprint density at radius 3 is 2.87 bits per heavy atom. The molecule has 7 heteroatoms. The monoisotopic (exact) mass is 420 g/mol. The Morgan fingerprint density at radius 2 is 2.07 bits per heavy atom. The molecule has 0 unspecified atom stereocenters. The van der Waals surface area contributed by atoms with Crippen LogP contribution in [0.5, 0.6) is 5.75 Å². The molecule has 0 aliphatic carbocycles. The van der Waals surface area contributed by atoms with E-state index in [0.717, 1.165) is 39.0 Å². The van der Waals surface area contributed by atoms with Crippen molar-refractivity contribution < 1.29 is 9.53 Å². The second-order valence-corrected chi connectivity index (χ2v) is 7.92. The van der Waals surface area contributed by atoms with Gasteiger partial charge in [-0.2, -0.15) is 5.10 Å². The molecule has 2 aromatic heterocycles. The standard InChI is InChI=1S/C23H21ClN4O2/c1-13-20-21(27-26-13)23(29)28(22(20)16-5-3-4-6-18(16)24)10-9-14-12-25-19-8-7-15(30-2)11-17(14)19/h3-8,11-12,22,25H,9-10H2,1-2H3,(H,26,27)/t22-/m1/s1. The molecule has 0 fully saturated rings. The molecule has 4 aromatic rings. The number of methoxy groups -OCH3 is 1. The van der Waals surface area contributed by atoms with Gasteiger partial charge in [-0.25, -0.2) is 0 Å². The largest absolute Gasteiger partial charge is 0.497 e. The molecule has 2 N–H and O–H groups in total. The number of hydrogen-bond acceptors (Lipinski definition) is 3. The number of H-pyrrole nitrogens is 2. The number of nitrogens with one attached hydrogen (secondary N) is 2. The van der Waals surface area contributed by atoms with Crippen LogP contribution in [0.2, 0.25) is 5.02 Å². The maximum absolute atomic E-state index is 13.2. The molecule has 152 valence electrons. The number of ether oxygens (including phenoxy) is 1. The molecule has 5 rings (SSSR count). The summed E-state index contributed by atoms with van der Waals surface area (Å²) >= 11 is 6.53. The van der Waals surface area contributed by atoms with E-state index in [2.05, 4.69) is 15.2 Å². The van der Waals surface area contributed by atoms with Crippen molar-refractivity contribution >= 4 is 28.4 Å². The summed E-state index contributed by atoms with van der Waals surface area (Å²) < 4.78 is 5.37. The Balaban J connectivity index is 1.50. The zero-order chi connectivity index (χ0) is 20.8. The lowest BCUT2D eigenvalue weighted by Gasteiger charge is -2.27. The minimum atomic E-state index is -0.250. The first-order valence-corrected chi connectivity index (χ1v) is 10.2. The van der Waals surface area contributed by atoms with Crippen LogP contribution in [0.15, 0.2) is 48.7 Å². The molecule has 1 atom stereocenters. The Kier molecular flexibility index (Phi) is 4.51. The highest BCUT2D eigenvalue weighted by molar-refractivity contribution is 6.31. The van der Waals surface area contributed by atoms with Gasteiger partial charge in [0, 0.05) is 39.9 Å². The maximum Gasteiger partial charge on any atom is 0.275 e. The van der Waals surface area contributed by atoms with Gasteiger partial charge < -0.3 is 14.6 Å². The molecule has 0 bridgehead atoms. The first kappa shape index (κ1) is 18.8. The first-order chi connectivity index (χ1) is 14.6. The van der Waals surface area contributed by atoms with Crippen LogP contribution in [0, 0.1) is 6.92 Å². The third kappa shape index (κ3) is 2.87. The second-order valence-electron chi connectivity index (χ2n) is 7.51. The van der Waals surface area contributed by atoms with Crippen molar-refractivity contribution in [2.24, 2.45) is 0 Å². The Bertz CT molecular complexity index is 1260. The molecular formula is C23H21ClN4O2. The molecule has 0 spiro atoms. The Morgan fingerprint density at radius 1 is 1.23 bits per heavy atom. The number of benzene rings is 2. The number of aromatic amines is 2. The maximum atomic E-state index is 13.2. The number of aryl methyl sites for hydroxylation is 1. The lowest BCUT2D eigenvalue weighted by molar-refractivity contribution is 0.0745. The van der Waals surface area contributed by atoms with E-state index in [0.29, 0.717) is 23.7 Å². The average Bonchev–Trinajstić information content (AvgIpc) is 3.41. The van der Waals surface area contributed by atoms with Crippen molar-refractivity contribution in [2.45, 2.75) is 19.4 Å². The van der Waals surface area contributed by atoms with Gasteiger partial charge in [-0.05, 0) is 48.7 Å². The van der Waals surface area contributed by atoms with Crippen LogP contribution in [-0.2, 0) is 6.42 Å². The summed E-state index contributed by atoms with van der Waals surface area (Å²) in [6.45, 7) is 2.49.